The van der Waals surface area contributed by atoms with Gasteiger partial charge >= 0.3 is 5.97 Å². The minimum atomic E-state index is -3.01. The van der Waals surface area contributed by atoms with Crippen LogP contribution in [0.15, 0.2) is 24.3 Å². The van der Waals surface area contributed by atoms with Gasteiger partial charge in [0.2, 0.25) is 0 Å². The monoisotopic (exact) mass is 368 g/mol. The predicted molar refractivity (Wildman–Crippen MR) is 95.0 cm³/mol. The summed E-state index contributed by atoms with van der Waals surface area (Å²) in [5, 5.41) is 2.68. The lowest BCUT2D eigenvalue weighted by Crippen LogP contribution is -2.28. The molecule has 0 radical (unpaired) electrons. The Kier molecular flexibility index (Phi) is 6.41. The molecule has 25 heavy (non-hydrogen) atoms. The van der Waals surface area contributed by atoms with Gasteiger partial charge in [-0.05, 0) is 30.0 Å². The second-order valence-electron chi connectivity index (χ2n) is 6.47. The van der Waals surface area contributed by atoms with Crippen molar-refractivity contribution in [2.45, 2.75) is 19.4 Å². The molecule has 1 N–H and O–H groups in total. The van der Waals surface area contributed by atoms with Crippen LogP contribution in [0.3, 0.4) is 0 Å². The quantitative estimate of drug-likeness (QED) is 0.714. The van der Waals surface area contributed by atoms with E-state index in [1.165, 1.54) is 0 Å². The Balaban J connectivity index is 1.67. The Bertz CT molecular complexity index is 713. The number of amides is 1. The van der Waals surface area contributed by atoms with Gasteiger partial charge in [0.1, 0.15) is 0 Å². The molecule has 0 unspecified atom stereocenters. The van der Waals surface area contributed by atoms with E-state index in [0.717, 1.165) is 11.3 Å². The summed E-state index contributed by atoms with van der Waals surface area (Å²) >= 11 is 0. The van der Waals surface area contributed by atoms with E-state index < -0.39 is 15.8 Å². The number of hydrogen-bond acceptors (Lipinski definition) is 6. The molecule has 1 heterocycles. The van der Waals surface area contributed by atoms with Gasteiger partial charge in [0.25, 0.3) is 5.91 Å². The fraction of sp³-hybridized carbons (Fsp3) is 0.529. The van der Waals surface area contributed by atoms with E-state index in [1.54, 1.807) is 0 Å². The molecule has 1 aliphatic heterocycles. The highest BCUT2D eigenvalue weighted by atomic mass is 32.2. The largest absolute Gasteiger partial charge is 0.456 e. The Morgan fingerprint density at radius 2 is 1.92 bits per heavy atom. The van der Waals surface area contributed by atoms with Crippen molar-refractivity contribution in [1.29, 1.82) is 0 Å². The zero-order valence-electron chi connectivity index (χ0n) is 14.5. The Labute approximate surface area is 148 Å². The van der Waals surface area contributed by atoms with Crippen LogP contribution in [0.4, 0.5) is 5.69 Å². The van der Waals surface area contributed by atoms with Gasteiger partial charge in [0.05, 0.1) is 11.5 Å². The number of nitrogens with one attached hydrogen (secondary N) is 1. The average molecular weight is 368 g/mol. The molecule has 0 aliphatic carbocycles. The van der Waals surface area contributed by atoms with Crippen molar-refractivity contribution in [3.8, 4) is 0 Å². The molecule has 1 saturated heterocycles. The highest BCUT2D eigenvalue weighted by Crippen LogP contribution is 2.21. The first-order chi connectivity index (χ1) is 11.7. The SMILES string of the molecule is CN(C)c1ccc(CNC(=O)COC(=O)C[C@H]2CCS(=O)(=O)C2)cc1. The molecule has 1 aromatic rings. The molecule has 1 fully saturated rings. The van der Waals surface area contributed by atoms with Crippen LogP contribution in [0.1, 0.15) is 18.4 Å². The zero-order chi connectivity index (χ0) is 18.4. The fourth-order valence-electron chi connectivity index (χ4n) is 2.64. The highest BCUT2D eigenvalue weighted by molar-refractivity contribution is 7.91. The van der Waals surface area contributed by atoms with Crippen molar-refractivity contribution in [2.24, 2.45) is 5.92 Å². The third-order valence-electron chi connectivity index (χ3n) is 4.09. The molecule has 8 heteroatoms. The topological polar surface area (TPSA) is 92.8 Å². The summed E-state index contributed by atoms with van der Waals surface area (Å²) in [6, 6.07) is 7.75. The number of rotatable bonds is 7. The number of benzene rings is 1. The smallest absolute Gasteiger partial charge is 0.306 e. The first-order valence-corrected chi connectivity index (χ1v) is 9.96. The van der Waals surface area contributed by atoms with Crippen LogP contribution in [-0.2, 0) is 30.7 Å². The number of anilines is 1. The molecule has 0 spiro atoms. The number of sulfone groups is 1. The first kappa shape index (κ1) is 19.2. The van der Waals surface area contributed by atoms with Gasteiger partial charge in [0, 0.05) is 32.7 Å². The molecule has 0 bridgehead atoms. The second kappa shape index (κ2) is 8.33. The van der Waals surface area contributed by atoms with Gasteiger partial charge in [-0.25, -0.2) is 8.42 Å². The lowest BCUT2D eigenvalue weighted by atomic mass is 10.1. The first-order valence-electron chi connectivity index (χ1n) is 8.14. The number of esters is 1. The molecular weight excluding hydrogens is 344 g/mol. The molecule has 0 aromatic heterocycles. The van der Waals surface area contributed by atoms with Crippen molar-refractivity contribution in [1.82, 2.24) is 5.32 Å². The highest BCUT2D eigenvalue weighted by Gasteiger charge is 2.29. The maximum Gasteiger partial charge on any atom is 0.306 e. The van der Waals surface area contributed by atoms with Gasteiger partial charge in [0.15, 0.2) is 16.4 Å². The third-order valence-corrected chi connectivity index (χ3v) is 5.93. The summed E-state index contributed by atoms with van der Waals surface area (Å²) in [6.07, 6.45) is 0.519. The number of carbonyl (C=O) groups is 2. The minimum Gasteiger partial charge on any atom is -0.456 e. The summed E-state index contributed by atoms with van der Waals surface area (Å²) in [4.78, 5) is 25.4. The molecule has 7 nitrogen and oxygen atoms in total. The number of carbonyl (C=O) groups excluding carboxylic acids is 2. The molecule has 1 amide bonds. The molecule has 1 aliphatic rings. The summed E-state index contributed by atoms with van der Waals surface area (Å²) in [5.41, 5.74) is 2.01. The van der Waals surface area contributed by atoms with Gasteiger partial charge in [-0.2, -0.15) is 0 Å². The van der Waals surface area contributed by atoms with E-state index in [4.69, 9.17) is 4.74 Å². The number of hydrogen-bond donors (Lipinski definition) is 1. The van der Waals surface area contributed by atoms with Crippen LogP contribution < -0.4 is 10.2 Å². The number of ether oxygens (including phenoxy) is 1. The average Bonchev–Trinajstić information content (AvgIpc) is 2.90. The van der Waals surface area contributed by atoms with Crippen molar-refractivity contribution in [3.63, 3.8) is 0 Å². The van der Waals surface area contributed by atoms with E-state index in [1.807, 2.05) is 43.3 Å². The maximum absolute atomic E-state index is 11.7. The molecule has 138 valence electrons. The third kappa shape index (κ3) is 6.38. The normalized spacial score (nSPS) is 18.6. The van der Waals surface area contributed by atoms with E-state index in [0.29, 0.717) is 13.0 Å². The summed E-state index contributed by atoms with van der Waals surface area (Å²) in [7, 11) is 0.891. The van der Waals surface area contributed by atoms with E-state index in [2.05, 4.69) is 5.32 Å². The van der Waals surface area contributed by atoms with E-state index in [9.17, 15) is 18.0 Å². The van der Waals surface area contributed by atoms with Crippen molar-refractivity contribution in [3.05, 3.63) is 29.8 Å². The summed E-state index contributed by atoms with van der Waals surface area (Å²) in [6.45, 7) is -0.000947. The van der Waals surface area contributed by atoms with E-state index in [-0.39, 0.29) is 36.4 Å². The van der Waals surface area contributed by atoms with E-state index >= 15 is 0 Å². The standard InChI is InChI=1S/C17H24N2O5S/c1-19(2)15-5-3-13(4-6-15)10-18-16(20)11-24-17(21)9-14-7-8-25(22,23)12-14/h3-6,14H,7-12H2,1-2H3,(H,18,20)/t14-/m1/s1. The van der Waals surface area contributed by atoms with Crippen LogP contribution in [0.5, 0.6) is 0 Å². The molecule has 2 rings (SSSR count). The molecule has 1 aromatic carbocycles. The summed E-state index contributed by atoms with van der Waals surface area (Å²) < 4.78 is 27.6. The predicted octanol–water partition coefficient (Wildman–Crippen LogP) is 0.737. The van der Waals surface area contributed by atoms with Crippen molar-refractivity contribution in [2.75, 3.05) is 37.1 Å². The zero-order valence-corrected chi connectivity index (χ0v) is 15.3. The van der Waals surface area contributed by atoms with Crippen LogP contribution >= 0.6 is 0 Å². The fourth-order valence-corrected chi connectivity index (χ4v) is 4.50. The molecular formula is C17H24N2O5S. The number of nitrogens with zero attached hydrogens (tertiary/aromatic N) is 1. The Morgan fingerprint density at radius 1 is 1.24 bits per heavy atom. The van der Waals surface area contributed by atoms with Gasteiger partial charge < -0.3 is 15.0 Å². The lowest BCUT2D eigenvalue weighted by molar-refractivity contribution is -0.149. The lowest BCUT2D eigenvalue weighted by Gasteiger charge is -2.13. The molecule has 1 atom stereocenters. The maximum atomic E-state index is 11.7. The minimum absolute atomic E-state index is 0.0250. The molecule has 0 saturated carbocycles. The van der Waals surface area contributed by atoms with Crippen LogP contribution in [0.25, 0.3) is 0 Å². The van der Waals surface area contributed by atoms with Gasteiger partial charge in [-0.3, -0.25) is 9.59 Å². The Morgan fingerprint density at radius 3 is 2.48 bits per heavy atom. The van der Waals surface area contributed by atoms with Gasteiger partial charge in [-0.15, -0.1) is 0 Å². The van der Waals surface area contributed by atoms with Gasteiger partial charge in [-0.1, -0.05) is 12.1 Å². The van der Waals surface area contributed by atoms with Crippen molar-refractivity contribution >= 4 is 27.4 Å². The Hall–Kier alpha value is -2.09. The van der Waals surface area contributed by atoms with Crippen LogP contribution in [0.2, 0.25) is 0 Å². The second-order valence-corrected chi connectivity index (χ2v) is 8.70. The van der Waals surface area contributed by atoms with Crippen LogP contribution in [-0.4, -0.2) is 52.5 Å². The summed E-state index contributed by atoms with van der Waals surface area (Å²) in [5.74, 6) is -0.970. The van der Waals surface area contributed by atoms with Crippen LogP contribution in [0, 0.1) is 5.92 Å². The van der Waals surface area contributed by atoms with Crippen molar-refractivity contribution < 1.29 is 22.7 Å².